The summed E-state index contributed by atoms with van der Waals surface area (Å²) in [6, 6.07) is 9.02. The lowest BCUT2D eigenvalue weighted by Crippen LogP contribution is -2.44. The molecule has 2 heterocycles. The summed E-state index contributed by atoms with van der Waals surface area (Å²) in [5.74, 6) is 0.701. The number of amides is 1. The Bertz CT molecular complexity index is 636. The van der Waals surface area contributed by atoms with E-state index in [1.165, 1.54) is 16.5 Å². The molecule has 2 N–H and O–H groups in total. The predicted octanol–water partition coefficient (Wildman–Crippen LogP) is 2.38. The van der Waals surface area contributed by atoms with Gasteiger partial charge >= 0.3 is 0 Å². The molecule has 1 saturated carbocycles. The van der Waals surface area contributed by atoms with Gasteiger partial charge in [-0.1, -0.05) is 6.07 Å². The summed E-state index contributed by atoms with van der Waals surface area (Å²) >= 11 is 1.68. The standard InChI is InChI=1S/C15H16N2OS/c18-15(17-13-7-12-5-11(13)8-16-12)10-2-1-9-3-4-19-14(9)6-10/h1-4,6,11-13,16H,5,7-8H2,(H,17,18). The molecule has 0 radical (unpaired) electrons. The monoisotopic (exact) mass is 272 g/mol. The van der Waals surface area contributed by atoms with Gasteiger partial charge in [-0.3, -0.25) is 4.79 Å². The summed E-state index contributed by atoms with van der Waals surface area (Å²) in [5, 5.41) is 9.96. The fraction of sp³-hybridized carbons (Fsp3) is 0.400. The summed E-state index contributed by atoms with van der Waals surface area (Å²) < 4.78 is 1.18. The van der Waals surface area contributed by atoms with E-state index in [4.69, 9.17) is 0 Å². The molecule has 4 heteroatoms. The van der Waals surface area contributed by atoms with Crippen molar-refractivity contribution >= 4 is 27.3 Å². The maximum atomic E-state index is 12.3. The van der Waals surface area contributed by atoms with Crippen molar-refractivity contribution < 1.29 is 4.79 Å². The number of hydrogen-bond acceptors (Lipinski definition) is 3. The zero-order valence-electron chi connectivity index (χ0n) is 10.6. The average Bonchev–Trinajstić information content (AvgIpc) is 3.13. The minimum absolute atomic E-state index is 0.0767. The molecule has 2 fully saturated rings. The van der Waals surface area contributed by atoms with Crippen molar-refractivity contribution in [3.05, 3.63) is 35.2 Å². The van der Waals surface area contributed by atoms with Gasteiger partial charge in [-0.2, -0.15) is 0 Å². The molecule has 2 bridgehead atoms. The van der Waals surface area contributed by atoms with Crippen LogP contribution in [0.1, 0.15) is 23.2 Å². The van der Waals surface area contributed by atoms with Crippen LogP contribution in [-0.2, 0) is 0 Å². The Labute approximate surface area is 116 Å². The van der Waals surface area contributed by atoms with Crippen molar-refractivity contribution in [3.63, 3.8) is 0 Å². The molecule has 2 aromatic rings. The van der Waals surface area contributed by atoms with E-state index in [2.05, 4.69) is 22.1 Å². The van der Waals surface area contributed by atoms with Gasteiger partial charge in [-0.15, -0.1) is 11.3 Å². The predicted molar refractivity (Wildman–Crippen MR) is 77.6 cm³/mol. The molecule has 0 spiro atoms. The lowest BCUT2D eigenvalue weighted by atomic mass is 10.0. The van der Waals surface area contributed by atoms with Crippen LogP contribution >= 0.6 is 11.3 Å². The van der Waals surface area contributed by atoms with Crippen LogP contribution in [-0.4, -0.2) is 24.5 Å². The van der Waals surface area contributed by atoms with Crippen LogP contribution in [0, 0.1) is 5.92 Å². The van der Waals surface area contributed by atoms with Crippen LogP contribution in [0.2, 0.25) is 0 Å². The molecule has 1 saturated heterocycles. The first-order valence-electron chi connectivity index (χ1n) is 6.81. The maximum absolute atomic E-state index is 12.3. The van der Waals surface area contributed by atoms with Crippen LogP contribution in [0.15, 0.2) is 29.6 Å². The second-order valence-electron chi connectivity index (χ2n) is 5.59. The molecule has 3 nitrogen and oxygen atoms in total. The Hall–Kier alpha value is -1.39. The number of rotatable bonds is 2. The summed E-state index contributed by atoms with van der Waals surface area (Å²) in [6.07, 6.45) is 2.30. The Kier molecular flexibility index (Phi) is 2.60. The summed E-state index contributed by atoms with van der Waals surface area (Å²) in [6.45, 7) is 1.06. The van der Waals surface area contributed by atoms with E-state index < -0.39 is 0 Å². The molecule has 2 aliphatic rings. The summed E-state index contributed by atoms with van der Waals surface area (Å²) in [7, 11) is 0. The molecule has 1 aliphatic carbocycles. The van der Waals surface area contributed by atoms with E-state index in [-0.39, 0.29) is 5.91 Å². The molecular weight excluding hydrogens is 256 g/mol. The first-order chi connectivity index (χ1) is 9.29. The lowest BCUT2D eigenvalue weighted by Gasteiger charge is -2.23. The fourth-order valence-electron chi connectivity index (χ4n) is 3.36. The fourth-order valence-corrected chi connectivity index (χ4v) is 4.19. The third-order valence-corrected chi connectivity index (χ3v) is 5.28. The second kappa shape index (κ2) is 4.32. The van der Waals surface area contributed by atoms with Crippen molar-refractivity contribution in [2.45, 2.75) is 24.9 Å². The molecule has 3 atom stereocenters. The quantitative estimate of drug-likeness (QED) is 0.881. The normalized spacial score (nSPS) is 28.9. The smallest absolute Gasteiger partial charge is 0.251 e. The zero-order chi connectivity index (χ0) is 12.8. The highest BCUT2D eigenvalue weighted by Gasteiger charge is 2.40. The number of thiophene rings is 1. The summed E-state index contributed by atoms with van der Waals surface area (Å²) in [5.41, 5.74) is 0.783. The Morgan fingerprint density at radius 2 is 2.26 bits per heavy atom. The molecule has 1 amide bonds. The number of piperidine rings is 1. The highest BCUT2D eigenvalue weighted by molar-refractivity contribution is 7.17. The highest BCUT2D eigenvalue weighted by atomic mass is 32.1. The Morgan fingerprint density at radius 1 is 1.32 bits per heavy atom. The van der Waals surface area contributed by atoms with Gasteiger partial charge in [0, 0.05) is 28.9 Å². The van der Waals surface area contributed by atoms with Crippen LogP contribution in [0.4, 0.5) is 0 Å². The van der Waals surface area contributed by atoms with Crippen molar-refractivity contribution in [1.82, 2.24) is 10.6 Å². The second-order valence-corrected chi connectivity index (χ2v) is 6.54. The number of fused-ring (bicyclic) bond motifs is 3. The van der Waals surface area contributed by atoms with Crippen LogP contribution < -0.4 is 10.6 Å². The van der Waals surface area contributed by atoms with Gasteiger partial charge in [0.15, 0.2) is 0 Å². The molecule has 19 heavy (non-hydrogen) atoms. The van der Waals surface area contributed by atoms with Gasteiger partial charge in [-0.05, 0) is 47.7 Å². The van der Waals surface area contributed by atoms with Gasteiger partial charge in [-0.25, -0.2) is 0 Å². The first kappa shape index (κ1) is 11.4. The average molecular weight is 272 g/mol. The molecular formula is C15H16N2OS. The zero-order valence-corrected chi connectivity index (χ0v) is 11.4. The number of hydrogen-bond donors (Lipinski definition) is 2. The van der Waals surface area contributed by atoms with Gasteiger partial charge < -0.3 is 10.6 Å². The Morgan fingerprint density at radius 3 is 3.05 bits per heavy atom. The minimum atomic E-state index is 0.0767. The van der Waals surface area contributed by atoms with E-state index >= 15 is 0 Å². The van der Waals surface area contributed by atoms with Crippen molar-refractivity contribution in [2.75, 3.05) is 6.54 Å². The van der Waals surface area contributed by atoms with E-state index in [1.807, 2.05) is 18.2 Å². The largest absolute Gasteiger partial charge is 0.349 e. The number of carbonyl (C=O) groups excluding carboxylic acids is 1. The number of nitrogens with one attached hydrogen (secondary N) is 2. The van der Waals surface area contributed by atoms with Crippen LogP contribution in [0.25, 0.3) is 10.1 Å². The number of benzene rings is 1. The highest BCUT2D eigenvalue weighted by Crippen LogP contribution is 2.31. The topological polar surface area (TPSA) is 41.1 Å². The van der Waals surface area contributed by atoms with Gasteiger partial charge in [0.2, 0.25) is 0 Å². The van der Waals surface area contributed by atoms with Crippen LogP contribution in [0.3, 0.4) is 0 Å². The van der Waals surface area contributed by atoms with Crippen molar-refractivity contribution in [1.29, 1.82) is 0 Å². The third kappa shape index (κ3) is 1.95. The van der Waals surface area contributed by atoms with E-state index in [0.29, 0.717) is 18.0 Å². The van der Waals surface area contributed by atoms with E-state index in [0.717, 1.165) is 18.5 Å². The minimum Gasteiger partial charge on any atom is -0.349 e. The van der Waals surface area contributed by atoms with Gasteiger partial charge in [0.25, 0.3) is 5.91 Å². The lowest BCUT2D eigenvalue weighted by molar-refractivity contribution is 0.0925. The van der Waals surface area contributed by atoms with Crippen LogP contribution in [0.5, 0.6) is 0 Å². The maximum Gasteiger partial charge on any atom is 0.251 e. The van der Waals surface area contributed by atoms with E-state index in [9.17, 15) is 4.79 Å². The molecule has 98 valence electrons. The molecule has 1 aromatic heterocycles. The van der Waals surface area contributed by atoms with E-state index in [1.54, 1.807) is 11.3 Å². The van der Waals surface area contributed by atoms with Crippen molar-refractivity contribution in [3.8, 4) is 0 Å². The van der Waals surface area contributed by atoms with Crippen molar-refractivity contribution in [2.24, 2.45) is 5.92 Å². The molecule has 1 aromatic carbocycles. The SMILES string of the molecule is O=C(NC1CC2CC1CN2)c1ccc2ccsc2c1. The molecule has 1 aliphatic heterocycles. The first-order valence-corrected chi connectivity index (χ1v) is 7.69. The number of carbonyl (C=O) groups is 1. The Balaban J connectivity index is 1.53. The molecule has 4 rings (SSSR count). The molecule has 3 unspecified atom stereocenters. The van der Waals surface area contributed by atoms with Gasteiger partial charge in [0.05, 0.1) is 0 Å². The van der Waals surface area contributed by atoms with Gasteiger partial charge in [0.1, 0.15) is 0 Å². The summed E-state index contributed by atoms with van der Waals surface area (Å²) in [4.78, 5) is 12.3. The third-order valence-electron chi connectivity index (χ3n) is 4.40.